The summed E-state index contributed by atoms with van der Waals surface area (Å²) in [6, 6.07) is 0. The van der Waals surface area contributed by atoms with E-state index in [2.05, 4.69) is 0 Å². The molecule has 0 amide bonds. The SMILES string of the molecule is NC12CC3CC(C1)C(OC(=O)CS(=O)(=O)O)C(C3)C2. The molecule has 2 atom stereocenters. The van der Waals surface area contributed by atoms with Gasteiger partial charge in [0.05, 0.1) is 0 Å². The van der Waals surface area contributed by atoms with Gasteiger partial charge in [0, 0.05) is 5.54 Å². The van der Waals surface area contributed by atoms with Gasteiger partial charge in [-0.05, 0) is 49.9 Å². The lowest BCUT2D eigenvalue weighted by atomic mass is 9.52. The van der Waals surface area contributed by atoms with Gasteiger partial charge in [0.25, 0.3) is 10.1 Å². The number of esters is 1. The van der Waals surface area contributed by atoms with Crippen molar-refractivity contribution < 1.29 is 22.5 Å². The van der Waals surface area contributed by atoms with Gasteiger partial charge in [-0.1, -0.05) is 0 Å². The number of nitrogens with two attached hydrogens (primary N) is 1. The van der Waals surface area contributed by atoms with Gasteiger partial charge in [-0.15, -0.1) is 0 Å². The highest BCUT2D eigenvalue weighted by Crippen LogP contribution is 2.55. The molecule has 4 saturated carbocycles. The molecule has 6 nitrogen and oxygen atoms in total. The maximum absolute atomic E-state index is 11.5. The Balaban J connectivity index is 1.68. The molecule has 0 aromatic carbocycles. The third-order valence-electron chi connectivity index (χ3n) is 4.80. The van der Waals surface area contributed by atoms with Crippen LogP contribution in [0.2, 0.25) is 0 Å². The number of hydrogen-bond donors (Lipinski definition) is 2. The topological polar surface area (TPSA) is 107 Å². The highest BCUT2D eigenvalue weighted by Gasteiger charge is 2.55. The summed E-state index contributed by atoms with van der Waals surface area (Å²) in [7, 11) is -4.31. The van der Waals surface area contributed by atoms with E-state index in [0.29, 0.717) is 5.92 Å². The Hall–Kier alpha value is -0.660. The Labute approximate surface area is 112 Å². The van der Waals surface area contributed by atoms with Gasteiger partial charge in [0.1, 0.15) is 6.10 Å². The molecule has 4 fully saturated rings. The van der Waals surface area contributed by atoms with E-state index in [-0.39, 0.29) is 23.5 Å². The molecule has 3 N–H and O–H groups in total. The lowest BCUT2D eigenvalue weighted by molar-refractivity contribution is -0.169. The average molecular weight is 289 g/mol. The standard InChI is InChI=1S/C12H19NO5S/c13-12-3-7-1-8(4-12)11(9(2-7)5-12)18-10(14)6-19(15,16)17/h7-9,11H,1-6,13H2,(H,15,16,17). The van der Waals surface area contributed by atoms with E-state index in [0.717, 1.165) is 32.1 Å². The number of rotatable bonds is 3. The fourth-order valence-electron chi connectivity index (χ4n) is 4.57. The summed E-state index contributed by atoms with van der Waals surface area (Å²) >= 11 is 0. The molecular weight excluding hydrogens is 270 g/mol. The minimum absolute atomic E-state index is 0.109. The normalized spacial score (nSPS) is 44.3. The summed E-state index contributed by atoms with van der Waals surface area (Å²) < 4.78 is 35.3. The third-order valence-corrected chi connectivity index (χ3v) is 5.40. The second kappa shape index (κ2) is 4.17. The first-order valence-electron chi connectivity index (χ1n) is 6.68. The van der Waals surface area contributed by atoms with E-state index in [1.54, 1.807) is 0 Å². The summed E-state index contributed by atoms with van der Waals surface area (Å²) in [6.07, 6.45) is 4.57. The zero-order valence-electron chi connectivity index (χ0n) is 10.6. The quantitative estimate of drug-likeness (QED) is 0.572. The summed E-state index contributed by atoms with van der Waals surface area (Å²) in [5.41, 5.74) is 6.23. The van der Waals surface area contributed by atoms with Crippen molar-refractivity contribution in [3.05, 3.63) is 0 Å². The monoisotopic (exact) mass is 289 g/mol. The predicted octanol–water partition coefficient (Wildman–Crippen LogP) is 0.323. The molecule has 0 saturated heterocycles. The van der Waals surface area contributed by atoms with Crippen LogP contribution in [0.3, 0.4) is 0 Å². The first kappa shape index (κ1) is 13.3. The fourth-order valence-corrected chi connectivity index (χ4v) is 4.93. The van der Waals surface area contributed by atoms with Crippen LogP contribution in [0.4, 0.5) is 0 Å². The van der Waals surface area contributed by atoms with Gasteiger partial charge in [-0.2, -0.15) is 8.42 Å². The van der Waals surface area contributed by atoms with Crippen LogP contribution in [0, 0.1) is 17.8 Å². The van der Waals surface area contributed by atoms with Gasteiger partial charge in [0.15, 0.2) is 5.75 Å². The number of carbonyl (C=O) groups is 1. The summed E-state index contributed by atoms with van der Waals surface area (Å²) in [4.78, 5) is 11.5. The Morgan fingerprint density at radius 1 is 1.26 bits per heavy atom. The van der Waals surface area contributed by atoms with Crippen molar-refractivity contribution >= 4 is 16.1 Å². The van der Waals surface area contributed by atoms with Crippen molar-refractivity contribution in [2.24, 2.45) is 23.5 Å². The zero-order valence-corrected chi connectivity index (χ0v) is 11.4. The molecule has 4 bridgehead atoms. The van der Waals surface area contributed by atoms with E-state index in [4.69, 9.17) is 15.0 Å². The van der Waals surface area contributed by atoms with E-state index in [9.17, 15) is 13.2 Å². The van der Waals surface area contributed by atoms with Crippen LogP contribution in [-0.4, -0.2) is 36.3 Å². The lowest BCUT2D eigenvalue weighted by Crippen LogP contribution is -2.61. The first-order valence-corrected chi connectivity index (χ1v) is 8.28. The Kier molecular flexibility index (Phi) is 2.92. The molecule has 108 valence electrons. The average Bonchev–Trinajstić information content (AvgIpc) is 2.18. The van der Waals surface area contributed by atoms with Crippen LogP contribution >= 0.6 is 0 Å². The van der Waals surface area contributed by atoms with E-state index >= 15 is 0 Å². The van der Waals surface area contributed by atoms with Crippen molar-refractivity contribution in [1.82, 2.24) is 0 Å². The minimum Gasteiger partial charge on any atom is -0.461 e. The Morgan fingerprint density at radius 3 is 2.32 bits per heavy atom. The number of ether oxygens (including phenoxy) is 1. The first-order chi connectivity index (χ1) is 8.74. The molecule has 7 heteroatoms. The van der Waals surface area contributed by atoms with Crippen molar-refractivity contribution in [3.63, 3.8) is 0 Å². The summed E-state index contributed by atoms with van der Waals surface area (Å²) in [5.74, 6) is -0.687. The van der Waals surface area contributed by atoms with Crippen LogP contribution in [0.15, 0.2) is 0 Å². The summed E-state index contributed by atoms with van der Waals surface area (Å²) in [6.45, 7) is 0. The highest BCUT2D eigenvalue weighted by atomic mass is 32.2. The van der Waals surface area contributed by atoms with Crippen molar-refractivity contribution in [1.29, 1.82) is 0 Å². The van der Waals surface area contributed by atoms with E-state index < -0.39 is 21.8 Å². The predicted molar refractivity (Wildman–Crippen MR) is 66.8 cm³/mol. The number of carbonyl (C=O) groups excluding carboxylic acids is 1. The van der Waals surface area contributed by atoms with Gasteiger partial charge >= 0.3 is 5.97 Å². The summed E-state index contributed by atoms with van der Waals surface area (Å²) in [5, 5.41) is 0. The van der Waals surface area contributed by atoms with Crippen LogP contribution in [0.1, 0.15) is 32.1 Å². The van der Waals surface area contributed by atoms with Crippen LogP contribution in [0.25, 0.3) is 0 Å². The molecule has 0 aromatic heterocycles. The molecule has 4 aliphatic carbocycles. The van der Waals surface area contributed by atoms with Crippen molar-refractivity contribution in [3.8, 4) is 0 Å². The number of hydrogen-bond acceptors (Lipinski definition) is 5. The van der Waals surface area contributed by atoms with Gasteiger partial charge in [-0.25, -0.2) is 0 Å². The Bertz CT molecular complexity index is 486. The highest BCUT2D eigenvalue weighted by molar-refractivity contribution is 7.86. The Morgan fingerprint density at radius 2 is 1.84 bits per heavy atom. The molecule has 0 aliphatic heterocycles. The second-order valence-electron chi connectivity index (χ2n) is 6.51. The maximum atomic E-state index is 11.5. The third kappa shape index (κ3) is 2.64. The minimum atomic E-state index is -4.31. The van der Waals surface area contributed by atoms with Gasteiger partial charge in [0.2, 0.25) is 0 Å². The van der Waals surface area contributed by atoms with Crippen LogP contribution < -0.4 is 5.73 Å². The molecule has 19 heavy (non-hydrogen) atoms. The molecular formula is C12H19NO5S. The van der Waals surface area contributed by atoms with E-state index in [1.165, 1.54) is 0 Å². The largest absolute Gasteiger partial charge is 0.461 e. The van der Waals surface area contributed by atoms with Crippen molar-refractivity contribution in [2.45, 2.75) is 43.7 Å². The zero-order chi connectivity index (χ0) is 13.8. The lowest BCUT2D eigenvalue weighted by Gasteiger charge is -2.58. The molecule has 4 rings (SSSR count). The molecule has 4 aliphatic rings. The smallest absolute Gasteiger partial charge is 0.323 e. The molecule has 2 unspecified atom stereocenters. The molecule has 0 heterocycles. The second-order valence-corrected chi connectivity index (χ2v) is 7.97. The van der Waals surface area contributed by atoms with Crippen LogP contribution in [0.5, 0.6) is 0 Å². The van der Waals surface area contributed by atoms with Gasteiger partial charge < -0.3 is 10.5 Å². The molecule has 0 aromatic rings. The van der Waals surface area contributed by atoms with Crippen molar-refractivity contribution in [2.75, 3.05) is 5.75 Å². The molecule has 0 radical (unpaired) electrons. The molecule has 0 spiro atoms. The van der Waals surface area contributed by atoms with E-state index in [1.807, 2.05) is 0 Å². The van der Waals surface area contributed by atoms with Crippen LogP contribution in [-0.2, 0) is 19.6 Å². The maximum Gasteiger partial charge on any atom is 0.323 e. The van der Waals surface area contributed by atoms with Gasteiger partial charge in [-0.3, -0.25) is 9.35 Å². The fraction of sp³-hybridized carbons (Fsp3) is 0.917.